The van der Waals surface area contributed by atoms with Gasteiger partial charge < -0.3 is 15.5 Å². The molecule has 0 heterocycles. The molecule has 1 rings (SSSR count). The van der Waals surface area contributed by atoms with Crippen molar-refractivity contribution in [1.82, 2.24) is 5.32 Å². The molecule has 3 atom stereocenters. The maximum atomic E-state index is 9.93. The van der Waals surface area contributed by atoms with Crippen molar-refractivity contribution in [2.45, 2.75) is 64.1 Å². The Bertz CT molecular complexity index is 173. The highest BCUT2D eigenvalue weighted by atomic mass is 16.3. The Balaban J connectivity index is 2.45. The highest BCUT2D eigenvalue weighted by molar-refractivity contribution is 4.83. The van der Waals surface area contributed by atoms with E-state index in [1.807, 2.05) is 0 Å². The fourth-order valence-corrected chi connectivity index (χ4v) is 2.21. The minimum atomic E-state index is -0.236. The molecule has 0 aromatic heterocycles. The number of hydrogen-bond acceptors (Lipinski definition) is 3. The van der Waals surface area contributed by atoms with Crippen molar-refractivity contribution in [2.75, 3.05) is 6.61 Å². The molecular weight excluding hydrogens is 190 g/mol. The molecule has 1 fully saturated rings. The maximum Gasteiger partial charge on any atom is 0.0693 e. The molecule has 1 aliphatic carbocycles. The van der Waals surface area contributed by atoms with Crippen molar-refractivity contribution >= 4 is 0 Å². The van der Waals surface area contributed by atoms with E-state index in [1.165, 1.54) is 12.8 Å². The Morgan fingerprint density at radius 1 is 1.20 bits per heavy atom. The molecule has 3 nitrogen and oxygen atoms in total. The molecule has 90 valence electrons. The van der Waals surface area contributed by atoms with Gasteiger partial charge in [0, 0.05) is 12.1 Å². The van der Waals surface area contributed by atoms with Gasteiger partial charge in [0.15, 0.2) is 0 Å². The van der Waals surface area contributed by atoms with Crippen molar-refractivity contribution in [3.63, 3.8) is 0 Å². The lowest BCUT2D eigenvalue weighted by molar-refractivity contribution is 0.0975. The molecule has 0 saturated heterocycles. The van der Waals surface area contributed by atoms with Crippen molar-refractivity contribution < 1.29 is 10.2 Å². The Kier molecular flexibility index (Phi) is 5.58. The van der Waals surface area contributed by atoms with Gasteiger partial charge in [0.25, 0.3) is 0 Å². The first kappa shape index (κ1) is 12.9. The number of hydrogen-bond donors (Lipinski definition) is 3. The molecule has 0 aromatic rings. The molecule has 0 amide bonds. The van der Waals surface area contributed by atoms with Crippen LogP contribution in [0.5, 0.6) is 0 Å². The number of aliphatic hydroxyl groups excluding tert-OH is 2. The predicted molar refractivity (Wildman–Crippen MR) is 61.7 cm³/mol. The lowest BCUT2D eigenvalue weighted by Gasteiger charge is -2.29. The van der Waals surface area contributed by atoms with Crippen molar-refractivity contribution in [2.24, 2.45) is 5.92 Å². The number of nitrogens with one attached hydrogen (secondary N) is 1. The van der Waals surface area contributed by atoms with Gasteiger partial charge in [-0.25, -0.2) is 0 Å². The molecule has 1 aliphatic rings. The third kappa shape index (κ3) is 4.09. The van der Waals surface area contributed by atoms with Crippen LogP contribution in [-0.2, 0) is 0 Å². The highest BCUT2D eigenvalue weighted by Crippen LogP contribution is 2.19. The van der Waals surface area contributed by atoms with E-state index in [2.05, 4.69) is 19.2 Å². The first-order valence-corrected chi connectivity index (χ1v) is 6.20. The summed E-state index contributed by atoms with van der Waals surface area (Å²) in [6.45, 7) is 4.34. The summed E-state index contributed by atoms with van der Waals surface area (Å²) in [5, 5.41) is 22.6. The van der Waals surface area contributed by atoms with Gasteiger partial charge in [0.2, 0.25) is 0 Å². The first-order valence-electron chi connectivity index (χ1n) is 6.20. The second-order valence-corrected chi connectivity index (χ2v) is 5.01. The van der Waals surface area contributed by atoms with Gasteiger partial charge in [-0.3, -0.25) is 0 Å². The van der Waals surface area contributed by atoms with E-state index >= 15 is 0 Å². The molecule has 0 bridgehead atoms. The standard InChI is InChI=1S/C12H25NO2/c1-9(2)11(8-14)13-10-6-4-3-5-7-12(10)15/h9-15H,3-8H2,1-2H3. The zero-order chi connectivity index (χ0) is 11.3. The molecule has 0 aliphatic heterocycles. The van der Waals surface area contributed by atoms with Crippen LogP contribution in [0.4, 0.5) is 0 Å². The van der Waals surface area contributed by atoms with Crippen LogP contribution < -0.4 is 5.32 Å². The molecule has 1 saturated carbocycles. The smallest absolute Gasteiger partial charge is 0.0693 e. The quantitative estimate of drug-likeness (QED) is 0.619. The Morgan fingerprint density at radius 2 is 1.87 bits per heavy atom. The Morgan fingerprint density at radius 3 is 2.47 bits per heavy atom. The minimum Gasteiger partial charge on any atom is -0.395 e. The minimum absolute atomic E-state index is 0.114. The third-order valence-corrected chi connectivity index (χ3v) is 3.41. The van der Waals surface area contributed by atoms with Crippen LogP contribution in [0.1, 0.15) is 46.0 Å². The van der Waals surface area contributed by atoms with Crippen molar-refractivity contribution in [3.8, 4) is 0 Å². The average molecular weight is 215 g/mol. The molecular formula is C12H25NO2. The van der Waals surface area contributed by atoms with Gasteiger partial charge >= 0.3 is 0 Å². The lowest BCUT2D eigenvalue weighted by atomic mass is 10.00. The normalized spacial score (nSPS) is 30.2. The van der Waals surface area contributed by atoms with Crippen LogP contribution in [0.25, 0.3) is 0 Å². The zero-order valence-corrected chi connectivity index (χ0v) is 9.95. The second-order valence-electron chi connectivity index (χ2n) is 5.01. The molecule has 0 radical (unpaired) electrons. The monoisotopic (exact) mass is 215 g/mol. The van der Waals surface area contributed by atoms with E-state index in [0.29, 0.717) is 5.92 Å². The lowest BCUT2D eigenvalue weighted by Crippen LogP contribution is -2.48. The number of aliphatic hydroxyl groups is 2. The predicted octanol–water partition coefficient (Wildman–Crippen LogP) is 1.29. The molecule has 0 spiro atoms. The van der Waals surface area contributed by atoms with E-state index < -0.39 is 0 Å². The summed E-state index contributed by atoms with van der Waals surface area (Å²) in [5.41, 5.74) is 0. The highest BCUT2D eigenvalue weighted by Gasteiger charge is 2.24. The number of rotatable bonds is 4. The molecule has 3 N–H and O–H groups in total. The van der Waals surface area contributed by atoms with Crippen LogP contribution >= 0.6 is 0 Å². The van der Waals surface area contributed by atoms with Gasteiger partial charge in [0.05, 0.1) is 12.7 Å². The summed E-state index contributed by atoms with van der Waals surface area (Å²) >= 11 is 0. The van der Waals surface area contributed by atoms with Crippen LogP contribution in [0.3, 0.4) is 0 Å². The fourth-order valence-electron chi connectivity index (χ4n) is 2.21. The van der Waals surface area contributed by atoms with E-state index in [-0.39, 0.29) is 24.8 Å². The fraction of sp³-hybridized carbons (Fsp3) is 1.00. The van der Waals surface area contributed by atoms with Gasteiger partial charge in [-0.15, -0.1) is 0 Å². The van der Waals surface area contributed by atoms with E-state index in [0.717, 1.165) is 19.3 Å². The third-order valence-electron chi connectivity index (χ3n) is 3.41. The van der Waals surface area contributed by atoms with Crippen molar-refractivity contribution in [3.05, 3.63) is 0 Å². The zero-order valence-electron chi connectivity index (χ0n) is 9.95. The first-order chi connectivity index (χ1) is 7.15. The molecule has 3 heteroatoms. The van der Waals surface area contributed by atoms with Gasteiger partial charge in [-0.2, -0.15) is 0 Å². The topological polar surface area (TPSA) is 52.5 Å². The van der Waals surface area contributed by atoms with Gasteiger partial charge in [0.1, 0.15) is 0 Å². The summed E-state index contributed by atoms with van der Waals surface area (Å²) in [6, 6.07) is 0.287. The van der Waals surface area contributed by atoms with Crippen LogP contribution in [0.15, 0.2) is 0 Å². The van der Waals surface area contributed by atoms with E-state index in [1.54, 1.807) is 0 Å². The van der Waals surface area contributed by atoms with E-state index in [9.17, 15) is 10.2 Å². The molecule has 0 aromatic carbocycles. The maximum absolute atomic E-state index is 9.93. The summed E-state index contributed by atoms with van der Waals surface area (Å²) in [6.07, 6.45) is 5.23. The van der Waals surface area contributed by atoms with Gasteiger partial charge in [-0.1, -0.05) is 33.1 Å². The van der Waals surface area contributed by atoms with Gasteiger partial charge in [-0.05, 0) is 18.8 Å². The Hall–Kier alpha value is -0.120. The average Bonchev–Trinajstić information content (AvgIpc) is 2.39. The molecule has 15 heavy (non-hydrogen) atoms. The van der Waals surface area contributed by atoms with Crippen LogP contribution in [0.2, 0.25) is 0 Å². The largest absolute Gasteiger partial charge is 0.395 e. The van der Waals surface area contributed by atoms with E-state index in [4.69, 9.17) is 0 Å². The summed E-state index contributed by atoms with van der Waals surface area (Å²) in [5.74, 6) is 0.408. The second kappa shape index (κ2) is 6.46. The van der Waals surface area contributed by atoms with Crippen molar-refractivity contribution in [1.29, 1.82) is 0 Å². The van der Waals surface area contributed by atoms with Crippen LogP contribution in [-0.4, -0.2) is 35.0 Å². The summed E-state index contributed by atoms with van der Waals surface area (Å²) in [4.78, 5) is 0. The molecule has 3 unspecified atom stereocenters. The SMILES string of the molecule is CC(C)C(CO)NC1CCCCCC1O. The Labute approximate surface area is 92.9 Å². The van der Waals surface area contributed by atoms with Crippen LogP contribution in [0, 0.1) is 5.92 Å². The summed E-state index contributed by atoms with van der Waals surface area (Å²) < 4.78 is 0. The summed E-state index contributed by atoms with van der Waals surface area (Å²) in [7, 11) is 0.